The van der Waals surface area contributed by atoms with Crippen LogP contribution in [0.1, 0.15) is 35.9 Å². The van der Waals surface area contributed by atoms with Crippen LogP contribution in [-0.2, 0) is 18.4 Å². The summed E-state index contributed by atoms with van der Waals surface area (Å²) in [6.45, 7) is 1.98. The monoisotopic (exact) mass is 520 g/mol. The molecule has 0 spiro atoms. The first kappa shape index (κ1) is 26.4. The third-order valence-electron chi connectivity index (χ3n) is 6.11. The van der Waals surface area contributed by atoms with Gasteiger partial charge in [-0.2, -0.15) is 26.3 Å². The van der Waals surface area contributed by atoms with Crippen molar-refractivity contribution in [2.24, 2.45) is 0 Å². The second-order valence-electron chi connectivity index (χ2n) is 8.69. The van der Waals surface area contributed by atoms with Gasteiger partial charge in [-0.05, 0) is 41.8 Å². The first-order valence-electron chi connectivity index (χ1n) is 11.4. The van der Waals surface area contributed by atoms with Gasteiger partial charge in [0.2, 0.25) is 0 Å². The summed E-state index contributed by atoms with van der Waals surface area (Å²) in [4.78, 5) is 18.2. The zero-order valence-electron chi connectivity index (χ0n) is 19.6. The number of nitrogens with zero attached hydrogens (tertiary/aromatic N) is 2. The van der Waals surface area contributed by atoms with Crippen molar-refractivity contribution in [3.8, 4) is 5.69 Å². The zero-order chi connectivity index (χ0) is 27.0. The van der Waals surface area contributed by atoms with Crippen LogP contribution >= 0.6 is 0 Å². The molecular weight excluding hydrogens is 498 g/mol. The molecule has 0 saturated heterocycles. The van der Waals surface area contributed by atoms with Gasteiger partial charge in [0.15, 0.2) is 0 Å². The summed E-state index contributed by atoms with van der Waals surface area (Å²) in [5.41, 5.74) is -4.85. The van der Waals surface area contributed by atoms with Gasteiger partial charge in [-0.25, -0.2) is 4.98 Å². The van der Waals surface area contributed by atoms with E-state index in [0.29, 0.717) is 24.1 Å². The fourth-order valence-corrected chi connectivity index (χ4v) is 4.23. The van der Waals surface area contributed by atoms with Crippen LogP contribution in [0.4, 0.5) is 26.3 Å². The highest BCUT2D eigenvalue weighted by Crippen LogP contribution is 2.50. The SMILES string of the molecule is CCCc1ccc2nc(Cc3ccccc3)n(-c3ccc(C(O)(C(F)(F)F)C(F)(F)F)cc3)c(=O)c2c1. The topological polar surface area (TPSA) is 55.1 Å². The normalized spacial score (nSPS) is 12.8. The molecule has 0 aliphatic heterocycles. The van der Waals surface area contributed by atoms with Crippen molar-refractivity contribution < 1.29 is 31.4 Å². The van der Waals surface area contributed by atoms with E-state index in [1.807, 2.05) is 13.0 Å². The van der Waals surface area contributed by atoms with Crippen molar-refractivity contribution >= 4 is 10.9 Å². The van der Waals surface area contributed by atoms with Crippen LogP contribution in [0.15, 0.2) is 77.6 Å². The van der Waals surface area contributed by atoms with E-state index in [4.69, 9.17) is 0 Å². The number of fused-ring (bicyclic) bond motifs is 1. The van der Waals surface area contributed by atoms with Crippen molar-refractivity contribution in [3.05, 3.63) is 106 Å². The number of hydrogen-bond acceptors (Lipinski definition) is 3. The van der Waals surface area contributed by atoms with Crippen LogP contribution in [0.5, 0.6) is 0 Å². The summed E-state index contributed by atoms with van der Waals surface area (Å²) in [5.74, 6) is 0.251. The van der Waals surface area contributed by atoms with Gasteiger partial charge in [-0.1, -0.05) is 61.9 Å². The molecule has 0 aliphatic carbocycles. The maximum absolute atomic E-state index is 13.6. The highest BCUT2D eigenvalue weighted by atomic mass is 19.4. The average Bonchev–Trinajstić information content (AvgIpc) is 2.84. The van der Waals surface area contributed by atoms with E-state index in [2.05, 4.69) is 4.98 Å². The predicted molar refractivity (Wildman–Crippen MR) is 127 cm³/mol. The van der Waals surface area contributed by atoms with Crippen molar-refractivity contribution in [3.63, 3.8) is 0 Å². The summed E-state index contributed by atoms with van der Waals surface area (Å²) < 4.78 is 81.1. The fraction of sp³-hybridized carbons (Fsp3) is 0.259. The minimum absolute atomic E-state index is 0.0154. The van der Waals surface area contributed by atoms with Crippen LogP contribution in [0.3, 0.4) is 0 Å². The number of hydrogen-bond donors (Lipinski definition) is 1. The van der Waals surface area contributed by atoms with Crippen molar-refractivity contribution in [2.75, 3.05) is 0 Å². The molecule has 0 atom stereocenters. The molecule has 10 heteroatoms. The molecular formula is C27H22F6N2O2. The van der Waals surface area contributed by atoms with E-state index >= 15 is 0 Å². The van der Waals surface area contributed by atoms with Gasteiger partial charge in [0.25, 0.3) is 11.2 Å². The van der Waals surface area contributed by atoms with Gasteiger partial charge in [0, 0.05) is 12.0 Å². The van der Waals surface area contributed by atoms with E-state index in [9.17, 15) is 36.2 Å². The molecule has 0 unspecified atom stereocenters. The van der Waals surface area contributed by atoms with Crippen molar-refractivity contribution in [1.29, 1.82) is 0 Å². The largest absolute Gasteiger partial charge is 0.430 e. The summed E-state index contributed by atoms with van der Waals surface area (Å²) in [6, 6.07) is 17.2. The van der Waals surface area contributed by atoms with Gasteiger partial charge in [-0.15, -0.1) is 0 Å². The summed E-state index contributed by atoms with van der Waals surface area (Å²) in [6.07, 6.45) is -10.3. The lowest BCUT2D eigenvalue weighted by Crippen LogP contribution is -2.53. The average molecular weight is 520 g/mol. The van der Waals surface area contributed by atoms with E-state index in [0.717, 1.165) is 29.7 Å². The number of aromatic nitrogens is 2. The lowest BCUT2D eigenvalue weighted by atomic mass is 9.92. The summed E-state index contributed by atoms with van der Waals surface area (Å²) in [7, 11) is 0. The second-order valence-corrected chi connectivity index (χ2v) is 8.69. The Bertz CT molecular complexity index is 1450. The second kappa shape index (κ2) is 9.66. The highest BCUT2D eigenvalue weighted by molar-refractivity contribution is 5.79. The first-order chi connectivity index (χ1) is 17.4. The number of aliphatic hydroxyl groups is 1. The summed E-state index contributed by atoms with van der Waals surface area (Å²) >= 11 is 0. The van der Waals surface area contributed by atoms with Crippen LogP contribution in [0, 0.1) is 0 Å². The molecule has 0 fully saturated rings. The first-order valence-corrected chi connectivity index (χ1v) is 11.4. The van der Waals surface area contributed by atoms with Crippen LogP contribution in [-0.4, -0.2) is 27.0 Å². The lowest BCUT2D eigenvalue weighted by molar-refractivity contribution is -0.376. The molecule has 0 amide bonds. The summed E-state index contributed by atoms with van der Waals surface area (Å²) in [5, 5.41) is 9.98. The maximum Gasteiger partial charge on any atom is 0.430 e. The van der Waals surface area contributed by atoms with E-state index < -0.39 is 29.1 Å². The molecule has 4 aromatic rings. The Morgan fingerprint density at radius 1 is 0.838 bits per heavy atom. The molecule has 194 valence electrons. The maximum atomic E-state index is 13.6. The molecule has 1 N–H and O–H groups in total. The van der Waals surface area contributed by atoms with E-state index in [-0.39, 0.29) is 23.3 Å². The molecule has 4 nitrogen and oxygen atoms in total. The third kappa shape index (κ3) is 4.85. The number of rotatable bonds is 6. The number of halogens is 6. The van der Waals surface area contributed by atoms with E-state index in [1.165, 1.54) is 4.57 Å². The smallest absolute Gasteiger partial charge is 0.369 e. The molecule has 0 saturated carbocycles. The van der Waals surface area contributed by atoms with E-state index in [1.54, 1.807) is 42.5 Å². The third-order valence-corrected chi connectivity index (χ3v) is 6.11. The molecule has 0 radical (unpaired) electrons. The number of benzene rings is 3. The Kier molecular flexibility index (Phi) is 6.89. The van der Waals surface area contributed by atoms with Gasteiger partial charge in [-0.3, -0.25) is 9.36 Å². The minimum atomic E-state index is -6.01. The van der Waals surface area contributed by atoms with Crippen LogP contribution in [0.25, 0.3) is 16.6 Å². The Morgan fingerprint density at radius 3 is 2.03 bits per heavy atom. The Balaban J connectivity index is 1.91. The molecule has 3 aromatic carbocycles. The molecule has 4 rings (SSSR count). The van der Waals surface area contributed by atoms with Crippen molar-refractivity contribution in [2.45, 2.75) is 44.1 Å². The van der Waals surface area contributed by atoms with Gasteiger partial charge < -0.3 is 5.11 Å². The van der Waals surface area contributed by atoms with Gasteiger partial charge >= 0.3 is 12.4 Å². The fourth-order valence-electron chi connectivity index (χ4n) is 4.23. The molecule has 0 aliphatic rings. The molecule has 0 bridgehead atoms. The van der Waals surface area contributed by atoms with Crippen LogP contribution in [0.2, 0.25) is 0 Å². The Morgan fingerprint density at radius 2 is 1.46 bits per heavy atom. The number of aryl methyl sites for hydroxylation is 1. The Labute approximate surface area is 207 Å². The standard InChI is InChI=1S/C27H22F6N2O2/c1-2-6-17-9-14-22-21(15-17)24(36)35(23(34-22)16-18-7-4-3-5-8-18)20-12-10-19(11-13-20)25(37,26(28,29)30)27(31,32)33/h3-5,7-15,37H,2,6,16H2,1H3. The van der Waals surface area contributed by atoms with Crippen LogP contribution < -0.4 is 5.56 Å². The molecule has 1 heterocycles. The number of alkyl halides is 6. The minimum Gasteiger partial charge on any atom is -0.369 e. The molecule has 1 aromatic heterocycles. The van der Waals surface area contributed by atoms with Gasteiger partial charge in [0.05, 0.1) is 16.6 Å². The highest BCUT2D eigenvalue weighted by Gasteiger charge is 2.71. The van der Waals surface area contributed by atoms with Gasteiger partial charge in [0.1, 0.15) is 5.82 Å². The predicted octanol–water partition coefficient (Wildman–Crippen LogP) is 6.24. The zero-order valence-corrected chi connectivity index (χ0v) is 19.6. The Hall–Kier alpha value is -3.66. The lowest BCUT2D eigenvalue weighted by Gasteiger charge is -2.32. The molecule has 37 heavy (non-hydrogen) atoms. The quantitative estimate of drug-likeness (QED) is 0.306. The van der Waals surface area contributed by atoms with Crippen molar-refractivity contribution in [1.82, 2.24) is 9.55 Å².